The predicted molar refractivity (Wildman–Crippen MR) is 172 cm³/mol. The van der Waals surface area contributed by atoms with Crippen molar-refractivity contribution < 1.29 is 23.5 Å². The van der Waals surface area contributed by atoms with E-state index in [9.17, 15) is 19.2 Å². The Morgan fingerprint density at radius 3 is 2.56 bits per heavy atom. The maximum atomic E-state index is 14.2. The number of rotatable bonds is 5. The van der Waals surface area contributed by atoms with Gasteiger partial charge in [-0.25, -0.2) is 9.18 Å². The van der Waals surface area contributed by atoms with Crippen molar-refractivity contribution in [2.75, 3.05) is 14.2 Å². The SMILES string of the molecule is COc1ccc(CN2/C(=N/C(=O)OC(C)(C)C)N(C)C(=O)C3=C(CCC=C3)C2(C)c2ccc(-c3ccc(F)c(C#N)c3)s2)cc1. The third-order valence-electron chi connectivity index (χ3n) is 7.92. The fraction of sp³-hybridized carbons (Fsp3) is 0.314. The molecule has 3 aromatic rings. The van der Waals surface area contributed by atoms with Gasteiger partial charge in [-0.2, -0.15) is 5.26 Å². The van der Waals surface area contributed by atoms with Gasteiger partial charge in [0, 0.05) is 28.9 Å². The van der Waals surface area contributed by atoms with Crippen LogP contribution in [0.1, 0.15) is 56.5 Å². The maximum absolute atomic E-state index is 14.2. The molecule has 0 bridgehead atoms. The second kappa shape index (κ2) is 12.3. The summed E-state index contributed by atoms with van der Waals surface area (Å²) >= 11 is 1.48. The lowest BCUT2D eigenvalue weighted by atomic mass is 9.80. The molecule has 0 radical (unpaired) electrons. The molecule has 8 nitrogen and oxygen atoms in total. The van der Waals surface area contributed by atoms with E-state index in [2.05, 4.69) is 4.99 Å². The smallest absolute Gasteiger partial charge is 0.437 e. The van der Waals surface area contributed by atoms with Crippen LogP contribution < -0.4 is 4.74 Å². The highest BCUT2D eigenvalue weighted by Gasteiger charge is 2.47. The number of likely N-dealkylation sites (N-methyl/N-ethyl adjacent to an activating group) is 1. The molecule has 1 atom stereocenters. The van der Waals surface area contributed by atoms with Gasteiger partial charge in [0.05, 0.1) is 18.2 Å². The number of carbonyl (C=O) groups is 2. The number of aliphatic imine (C=N–C) groups is 1. The van der Waals surface area contributed by atoms with Crippen molar-refractivity contribution in [2.45, 2.75) is 58.2 Å². The summed E-state index contributed by atoms with van der Waals surface area (Å²) in [6, 6.07) is 17.9. The van der Waals surface area contributed by atoms with Crippen molar-refractivity contribution >= 4 is 29.3 Å². The molecule has 1 aliphatic heterocycles. The van der Waals surface area contributed by atoms with Gasteiger partial charge in [-0.1, -0.05) is 30.4 Å². The molecule has 2 heterocycles. The van der Waals surface area contributed by atoms with Crippen molar-refractivity contribution in [3.8, 4) is 22.3 Å². The second-order valence-corrected chi connectivity index (χ2v) is 13.2. The van der Waals surface area contributed by atoms with E-state index < -0.39 is 23.1 Å². The molecule has 232 valence electrons. The molecule has 10 heteroatoms. The van der Waals surface area contributed by atoms with Crippen molar-refractivity contribution in [3.63, 3.8) is 0 Å². The van der Waals surface area contributed by atoms with Gasteiger partial charge in [0.15, 0.2) is 0 Å². The van der Waals surface area contributed by atoms with Gasteiger partial charge in [0.1, 0.15) is 23.2 Å². The van der Waals surface area contributed by atoms with E-state index in [4.69, 9.17) is 9.47 Å². The van der Waals surface area contributed by atoms with Crippen molar-refractivity contribution in [3.05, 3.63) is 99.7 Å². The number of amides is 2. The quantitative estimate of drug-likeness (QED) is 0.290. The summed E-state index contributed by atoms with van der Waals surface area (Å²) in [6.45, 7) is 7.62. The molecule has 45 heavy (non-hydrogen) atoms. The van der Waals surface area contributed by atoms with Gasteiger partial charge in [0.2, 0.25) is 5.96 Å². The van der Waals surface area contributed by atoms with Crippen LogP contribution in [0.4, 0.5) is 9.18 Å². The highest BCUT2D eigenvalue weighted by Crippen LogP contribution is 2.48. The number of ether oxygens (including phenoxy) is 2. The van der Waals surface area contributed by atoms with Crippen LogP contribution in [0.15, 0.2) is 82.9 Å². The maximum Gasteiger partial charge on any atom is 0.437 e. The number of thiophene rings is 1. The molecule has 2 aromatic carbocycles. The molecule has 1 aromatic heterocycles. The van der Waals surface area contributed by atoms with Crippen LogP contribution in [0.3, 0.4) is 0 Å². The average molecular weight is 627 g/mol. The minimum Gasteiger partial charge on any atom is -0.497 e. The summed E-state index contributed by atoms with van der Waals surface area (Å²) < 4.78 is 25.1. The number of guanidine groups is 1. The molecule has 0 spiro atoms. The van der Waals surface area contributed by atoms with Gasteiger partial charge in [-0.15, -0.1) is 16.3 Å². The number of hydrogen-bond acceptors (Lipinski definition) is 6. The van der Waals surface area contributed by atoms with Gasteiger partial charge >= 0.3 is 6.09 Å². The van der Waals surface area contributed by atoms with Crippen LogP contribution in [0.5, 0.6) is 5.75 Å². The second-order valence-electron chi connectivity index (χ2n) is 12.1. The first kappa shape index (κ1) is 31.7. The van der Waals surface area contributed by atoms with Gasteiger partial charge in [-0.3, -0.25) is 9.69 Å². The summed E-state index contributed by atoms with van der Waals surface area (Å²) in [5.41, 5.74) is 1.28. The molecular weight excluding hydrogens is 591 g/mol. The lowest BCUT2D eigenvalue weighted by Gasteiger charge is -2.44. The molecule has 0 saturated carbocycles. The fourth-order valence-corrected chi connectivity index (χ4v) is 6.82. The Balaban J connectivity index is 1.74. The molecule has 1 unspecified atom stereocenters. The Morgan fingerprint density at radius 2 is 1.89 bits per heavy atom. The standard InChI is InChI=1S/C35H35FN4O4S/c1-34(2,3)44-33(42)38-32-39(5)31(41)26-9-7-8-10-27(26)35(4,40(32)21-22-11-14-25(43-6)15-12-22)30-18-17-29(45-30)23-13-16-28(36)24(19-23)20-37/h7,9,11-19H,8,10,21H2,1-6H3/b38-32+. The average Bonchev–Trinajstić information content (AvgIpc) is 3.50. The number of halogens is 1. The van der Waals surface area contributed by atoms with Crippen LogP contribution in [-0.4, -0.2) is 47.5 Å². The van der Waals surface area contributed by atoms with Gasteiger partial charge in [0.25, 0.3) is 5.91 Å². The molecule has 0 saturated heterocycles. The van der Waals surface area contributed by atoms with Gasteiger partial charge in [-0.05, 0) is 93.6 Å². The number of hydrogen-bond donors (Lipinski definition) is 0. The first-order chi connectivity index (χ1) is 21.3. The Kier molecular flexibility index (Phi) is 8.68. The van der Waals surface area contributed by atoms with Crippen LogP contribution in [-0.2, 0) is 21.6 Å². The van der Waals surface area contributed by atoms with Crippen LogP contribution >= 0.6 is 11.3 Å². The van der Waals surface area contributed by atoms with E-state index >= 15 is 0 Å². The third kappa shape index (κ3) is 6.26. The minimum absolute atomic E-state index is 0.0364. The molecule has 0 fully saturated rings. The Labute approximate surface area is 266 Å². The Bertz CT molecular complexity index is 1780. The Morgan fingerprint density at radius 1 is 1.16 bits per heavy atom. The Hall–Kier alpha value is -4.75. The zero-order valence-electron chi connectivity index (χ0n) is 26.2. The van der Waals surface area contributed by atoms with Crippen LogP contribution in [0, 0.1) is 17.1 Å². The zero-order valence-corrected chi connectivity index (χ0v) is 27.0. The lowest BCUT2D eigenvalue weighted by Crippen LogP contribution is -2.52. The summed E-state index contributed by atoms with van der Waals surface area (Å²) in [7, 11) is 3.22. The van der Waals surface area contributed by atoms with E-state index in [1.807, 2.05) is 66.4 Å². The highest BCUT2D eigenvalue weighted by molar-refractivity contribution is 7.15. The summed E-state index contributed by atoms with van der Waals surface area (Å²) in [6.07, 6.45) is 4.38. The molecule has 1 aliphatic carbocycles. The molecular formula is C35H35FN4O4S. The molecule has 2 aliphatic rings. The summed E-state index contributed by atoms with van der Waals surface area (Å²) in [4.78, 5) is 36.9. The summed E-state index contributed by atoms with van der Waals surface area (Å²) in [5.74, 6) is 0.000914. The molecule has 2 amide bonds. The minimum atomic E-state index is -0.942. The van der Waals surface area contributed by atoms with E-state index in [1.165, 1.54) is 28.4 Å². The topological polar surface area (TPSA) is 95.2 Å². The summed E-state index contributed by atoms with van der Waals surface area (Å²) in [5, 5.41) is 9.43. The number of methoxy groups -OCH3 is 1. The number of carbonyl (C=O) groups excluding carboxylic acids is 2. The van der Waals surface area contributed by atoms with E-state index in [0.29, 0.717) is 29.9 Å². The fourth-order valence-electron chi connectivity index (χ4n) is 5.63. The van der Waals surface area contributed by atoms with Crippen LogP contribution in [0.25, 0.3) is 10.4 Å². The monoisotopic (exact) mass is 626 g/mol. The van der Waals surface area contributed by atoms with E-state index in [0.717, 1.165) is 27.3 Å². The number of nitrogens with zero attached hydrogens (tertiary/aromatic N) is 4. The third-order valence-corrected chi connectivity index (χ3v) is 9.26. The van der Waals surface area contributed by atoms with Gasteiger partial charge < -0.3 is 14.4 Å². The number of allylic oxidation sites excluding steroid dienone is 1. The van der Waals surface area contributed by atoms with E-state index in [1.54, 1.807) is 41.0 Å². The number of benzene rings is 2. The first-order valence-corrected chi connectivity index (χ1v) is 15.4. The molecule has 5 rings (SSSR count). The van der Waals surface area contributed by atoms with E-state index in [-0.39, 0.29) is 17.4 Å². The van der Waals surface area contributed by atoms with Crippen LogP contribution in [0.2, 0.25) is 0 Å². The van der Waals surface area contributed by atoms with Crippen molar-refractivity contribution in [1.82, 2.24) is 9.80 Å². The van der Waals surface area contributed by atoms with Crippen molar-refractivity contribution in [2.24, 2.45) is 4.99 Å². The lowest BCUT2D eigenvalue weighted by molar-refractivity contribution is -0.122. The number of nitriles is 1. The molecule has 0 N–H and O–H groups in total. The normalized spacial score (nSPS) is 19.3. The van der Waals surface area contributed by atoms with Crippen molar-refractivity contribution in [1.29, 1.82) is 5.26 Å². The zero-order chi connectivity index (χ0) is 32.5. The largest absolute Gasteiger partial charge is 0.497 e. The highest BCUT2D eigenvalue weighted by atomic mass is 32.1. The predicted octanol–water partition coefficient (Wildman–Crippen LogP) is 7.56. The first-order valence-electron chi connectivity index (χ1n) is 14.6.